The van der Waals surface area contributed by atoms with E-state index in [1.54, 1.807) is 38.2 Å². The summed E-state index contributed by atoms with van der Waals surface area (Å²) < 4.78 is 10.6. The van der Waals surface area contributed by atoms with Crippen molar-refractivity contribution in [3.8, 4) is 5.75 Å². The van der Waals surface area contributed by atoms with Gasteiger partial charge in [0.25, 0.3) is 5.91 Å². The topological polar surface area (TPSA) is 55.6 Å². The number of hydrogen-bond acceptors (Lipinski definition) is 4. The number of hydrogen-bond donors (Lipinski definition) is 0. The smallest absolute Gasteiger partial charge is 0.257 e. The number of pyridine rings is 1. The van der Waals surface area contributed by atoms with Crippen molar-refractivity contribution in [2.24, 2.45) is 0 Å². The van der Waals surface area contributed by atoms with Crippen molar-refractivity contribution >= 4 is 5.91 Å². The summed E-state index contributed by atoms with van der Waals surface area (Å²) in [6, 6.07) is 1.68. The molecule has 0 aliphatic rings. The van der Waals surface area contributed by atoms with Crippen LogP contribution in [-0.4, -0.2) is 29.9 Å². The number of ether oxygens (including phenoxy) is 1. The van der Waals surface area contributed by atoms with Crippen LogP contribution in [0.25, 0.3) is 0 Å². The van der Waals surface area contributed by atoms with E-state index in [1.165, 1.54) is 6.26 Å². The first-order chi connectivity index (χ1) is 9.95. The average Bonchev–Trinajstić information content (AvgIpc) is 2.88. The van der Waals surface area contributed by atoms with E-state index in [0.717, 1.165) is 22.6 Å². The minimum atomic E-state index is -0.0815. The molecule has 0 aliphatic heterocycles. The first-order valence-electron chi connectivity index (χ1n) is 6.74. The molecular weight excluding hydrogens is 268 g/mol. The maximum absolute atomic E-state index is 12.4. The quantitative estimate of drug-likeness (QED) is 0.868. The molecule has 2 aromatic rings. The molecular formula is C16H20N2O3. The Morgan fingerprint density at radius 3 is 2.67 bits per heavy atom. The standard InChI is InChI=1S/C16H20N2O3/c1-10-8-17-14(11(2)15(10)20-5)9-18(4)16(19)13-6-7-21-12(13)3/h6-8H,9H2,1-5H3. The van der Waals surface area contributed by atoms with Gasteiger partial charge in [0, 0.05) is 24.4 Å². The van der Waals surface area contributed by atoms with Crippen LogP contribution < -0.4 is 4.74 Å². The Balaban J connectivity index is 2.22. The van der Waals surface area contributed by atoms with Crippen molar-refractivity contribution in [3.05, 3.63) is 46.7 Å². The van der Waals surface area contributed by atoms with Crippen LogP contribution >= 0.6 is 0 Å². The second kappa shape index (κ2) is 5.99. The van der Waals surface area contributed by atoms with E-state index in [4.69, 9.17) is 9.15 Å². The Kier molecular flexibility index (Phi) is 4.31. The Labute approximate surface area is 124 Å². The lowest BCUT2D eigenvalue weighted by atomic mass is 10.1. The summed E-state index contributed by atoms with van der Waals surface area (Å²) in [5.74, 6) is 1.36. The molecule has 0 aliphatic carbocycles. The maximum Gasteiger partial charge on any atom is 0.257 e. The van der Waals surface area contributed by atoms with Crippen LogP contribution in [0.1, 0.15) is 32.9 Å². The average molecular weight is 288 g/mol. The predicted molar refractivity (Wildman–Crippen MR) is 79.5 cm³/mol. The number of amides is 1. The van der Waals surface area contributed by atoms with Gasteiger partial charge in [-0.1, -0.05) is 0 Å². The number of methoxy groups -OCH3 is 1. The van der Waals surface area contributed by atoms with Gasteiger partial charge in [-0.15, -0.1) is 0 Å². The van der Waals surface area contributed by atoms with Gasteiger partial charge < -0.3 is 14.1 Å². The lowest BCUT2D eigenvalue weighted by Crippen LogP contribution is -2.27. The summed E-state index contributed by atoms with van der Waals surface area (Å²) in [5.41, 5.74) is 3.35. The third-order valence-electron chi connectivity index (χ3n) is 3.57. The minimum absolute atomic E-state index is 0.0815. The van der Waals surface area contributed by atoms with Crippen LogP contribution in [0.3, 0.4) is 0 Å². The second-order valence-corrected chi connectivity index (χ2v) is 5.10. The molecule has 21 heavy (non-hydrogen) atoms. The number of carbonyl (C=O) groups excluding carboxylic acids is 1. The number of aromatic nitrogens is 1. The largest absolute Gasteiger partial charge is 0.496 e. The molecule has 2 aromatic heterocycles. The lowest BCUT2D eigenvalue weighted by molar-refractivity contribution is 0.0781. The Morgan fingerprint density at radius 2 is 2.10 bits per heavy atom. The minimum Gasteiger partial charge on any atom is -0.496 e. The van der Waals surface area contributed by atoms with Gasteiger partial charge in [-0.25, -0.2) is 0 Å². The summed E-state index contributed by atoms with van der Waals surface area (Å²) in [7, 11) is 3.39. The highest BCUT2D eigenvalue weighted by molar-refractivity contribution is 5.94. The van der Waals surface area contributed by atoms with Gasteiger partial charge in [0.1, 0.15) is 11.5 Å². The van der Waals surface area contributed by atoms with E-state index in [2.05, 4.69) is 4.98 Å². The monoisotopic (exact) mass is 288 g/mol. The molecule has 5 heteroatoms. The van der Waals surface area contributed by atoms with Crippen molar-refractivity contribution in [1.82, 2.24) is 9.88 Å². The molecule has 0 N–H and O–H groups in total. The van der Waals surface area contributed by atoms with Crippen LogP contribution in [0, 0.1) is 20.8 Å². The van der Waals surface area contributed by atoms with E-state index in [1.807, 2.05) is 13.8 Å². The molecule has 0 saturated carbocycles. The fraction of sp³-hybridized carbons (Fsp3) is 0.375. The zero-order valence-electron chi connectivity index (χ0n) is 13.1. The molecule has 0 spiro atoms. The van der Waals surface area contributed by atoms with Crippen LogP contribution in [-0.2, 0) is 6.54 Å². The molecule has 0 radical (unpaired) electrons. The summed E-state index contributed by atoms with van der Waals surface area (Å²) in [6.45, 7) is 6.10. The highest BCUT2D eigenvalue weighted by Crippen LogP contribution is 2.25. The molecule has 2 rings (SSSR count). The van der Waals surface area contributed by atoms with E-state index in [-0.39, 0.29) is 5.91 Å². The van der Waals surface area contributed by atoms with Gasteiger partial charge in [0.2, 0.25) is 0 Å². The van der Waals surface area contributed by atoms with Crippen LogP contribution in [0.5, 0.6) is 5.75 Å². The van der Waals surface area contributed by atoms with Crippen LogP contribution in [0.4, 0.5) is 0 Å². The number of furan rings is 1. The third-order valence-corrected chi connectivity index (χ3v) is 3.57. The van der Waals surface area contributed by atoms with E-state index in [9.17, 15) is 4.79 Å². The molecule has 0 aromatic carbocycles. The molecule has 0 bridgehead atoms. The van der Waals surface area contributed by atoms with E-state index < -0.39 is 0 Å². The van der Waals surface area contributed by atoms with Gasteiger partial charge in [-0.05, 0) is 26.8 Å². The Bertz CT molecular complexity index is 662. The normalized spacial score (nSPS) is 10.5. The summed E-state index contributed by atoms with van der Waals surface area (Å²) in [5, 5.41) is 0. The third kappa shape index (κ3) is 2.91. The molecule has 1 amide bonds. The first-order valence-corrected chi connectivity index (χ1v) is 6.74. The van der Waals surface area contributed by atoms with Gasteiger partial charge in [0.15, 0.2) is 0 Å². The molecule has 0 saturated heterocycles. The number of nitrogens with zero attached hydrogens (tertiary/aromatic N) is 2. The summed E-state index contributed by atoms with van der Waals surface area (Å²) in [4.78, 5) is 18.4. The highest BCUT2D eigenvalue weighted by Gasteiger charge is 2.18. The highest BCUT2D eigenvalue weighted by atomic mass is 16.5. The zero-order valence-corrected chi connectivity index (χ0v) is 13.1. The summed E-state index contributed by atoms with van der Waals surface area (Å²) in [6.07, 6.45) is 3.29. The van der Waals surface area contributed by atoms with Crippen molar-refractivity contribution in [3.63, 3.8) is 0 Å². The zero-order chi connectivity index (χ0) is 15.6. The predicted octanol–water partition coefficient (Wildman–Crippen LogP) is 2.88. The number of carbonyl (C=O) groups is 1. The van der Waals surface area contributed by atoms with Crippen molar-refractivity contribution < 1.29 is 13.9 Å². The maximum atomic E-state index is 12.4. The van der Waals surface area contributed by atoms with Crippen molar-refractivity contribution in [2.45, 2.75) is 27.3 Å². The SMILES string of the molecule is COc1c(C)cnc(CN(C)C(=O)c2ccoc2C)c1C. The van der Waals surface area contributed by atoms with Gasteiger partial charge >= 0.3 is 0 Å². The Morgan fingerprint density at radius 1 is 1.38 bits per heavy atom. The van der Waals surface area contributed by atoms with Crippen LogP contribution in [0.2, 0.25) is 0 Å². The van der Waals surface area contributed by atoms with Gasteiger partial charge in [-0.2, -0.15) is 0 Å². The van der Waals surface area contributed by atoms with Crippen LogP contribution in [0.15, 0.2) is 22.9 Å². The number of rotatable bonds is 4. The lowest BCUT2D eigenvalue weighted by Gasteiger charge is -2.19. The summed E-state index contributed by atoms with van der Waals surface area (Å²) >= 11 is 0. The molecule has 0 unspecified atom stereocenters. The van der Waals surface area contributed by atoms with E-state index >= 15 is 0 Å². The molecule has 5 nitrogen and oxygen atoms in total. The van der Waals surface area contributed by atoms with E-state index in [0.29, 0.717) is 17.9 Å². The number of aryl methyl sites for hydroxylation is 2. The van der Waals surface area contributed by atoms with Gasteiger partial charge in [-0.3, -0.25) is 9.78 Å². The molecule has 112 valence electrons. The molecule has 0 fully saturated rings. The first kappa shape index (κ1) is 15.1. The fourth-order valence-electron chi connectivity index (χ4n) is 2.34. The van der Waals surface area contributed by atoms with Crippen molar-refractivity contribution in [1.29, 1.82) is 0 Å². The van der Waals surface area contributed by atoms with Gasteiger partial charge in [0.05, 0.1) is 31.2 Å². The Hall–Kier alpha value is -2.30. The fourth-order valence-corrected chi connectivity index (χ4v) is 2.34. The van der Waals surface area contributed by atoms with Crippen molar-refractivity contribution in [2.75, 3.05) is 14.2 Å². The molecule has 0 atom stereocenters. The molecule has 2 heterocycles. The second-order valence-electron chi connectivity index (χ2n) is 5.10.